The predicted octanol–water partition coefficient (Wildman–Crippen LogP) is 2.63. The number of thiophene rings is 1. The van der Waals surface area contributed by atoms with Crippen molar-refractivity contribution in [3.63, 3.8) is 0 Å². The second-order valence-electron chi connectivity index (χ2n) is 5.79. The Labute approximate surface area is 122 Å². The number of aromatic nitrogens is 2. The van der Waals surface area contributed by atoms with Gasteiger partial charge >= 0.3 is 0 Å². The van der Waals surface area contributed by atoms with Gasteiger partial charge in [-0.3, -0.25) is 9.36 Å². The van der Waals surface area contributed by atoms with Crippen molar-refractivity contribution in [2.24, 2.45) is 5.92 Å². The fourth-order valence-electron chi connectivity index (χ4n) is 2.91. The van der Waals surface area contributed by atoms with E-state index in [0.29, 0.717) is 12.6 Å². The second kappa shape index (κ2) is 6.06. The molecule has 0 saturated heterocycles. The SMILES string of the molecule is CC1CCC(NCCn2cnc3sccc3c2=O)CC1. The van der Waals surface area contributed by atoms with Crippen LogP contribution >= 0.6 is 11.3 Å². The van der Waals surface area contributed by atoms with Gasteiger partial charge in [-0.05, 0) is 43.0 Å². The minimum Gasteiger partial charge on any atom is -0.312 e. The molecule has 0 radical (unpaired) electrons. The molecule has 3 rings (SSSR count). The summed E-state index contributed by atoms with van der Waals surface area (Å²) in [5.74, 6) is 0.876. The van der Waals surface area contributed by atoms with Gasteiger partial charge in [0.1, 0.15) is 4.83 Å². The molecule has 1 N–H and O–H groups in total. The molecule has 1 fully saturated rings. The Bertz CT molecular complexity index is 625. The van der Waals surface area contributed by atoms with Gasteiger partial charge in [-0.25, -0.2) is 4.98 Å². The van der Waals surface area contributed by atoms with Crippen LogP contribution in [0.1, 0.15) is 32.6 Å². The fourth-order valence-corrected chi connectivity index (χ4v) is 3.63. The molecule has 1 aliphatic carbocycles. The summed E-state index contributed by atoms with van der Waals surface area (Å²) < 4.78 is 1.72. The molecule has 4 nitrogen and oxygen atoms in total. The van der Waals surface area contributed by atoms with Crippen LogP contribution in [-0.2, 0) is 6.54 Å². The van der Waals surface area contributed by atoms with Crippen LogP contribution in [-0.4, -0.2) is 22.1 Å². The monoisotopic (exact) mass is 291 g/mol. The zero-order valence-electron chi connectivity index (χ0n) is 11.8. The number of nitrogens with zero attached hydrogens (tertiary/aromatic N) is 2. The maximum absolute atomic E-state index is 12.2. The summed E-state index contributed by atoms with van der Waals surface area (Å²) in [6, 6.07) is 2.49. The van der Waals surface area contributed by atoms with Crippen molar-refractivity contribution in [1.82, 2.24) is 14.9 Å². The lowest BCUT2D eigenvalue weighted by molar-refractivity contribution is 0.305. The lowest BCUT2D eigenvalue weighted by Crippen LogP contribution is -2.36. The van der Waals surface area contributed by atoms with E-state index in [1.165, 1.54) is 37.0 Å². The highest BCUT2D eigenvalue weighted by Gasteiger charge is 2.17. The topological polar surface area (TPSA) is 46.9 Å². The van der Waals surface area contributed by atoms with E-state index in [0.717, 1.165) is 22.7 Å². The van der Waals surface area contributed by atoms with Crippen LogP contribution in [0.3, 0.4) is 0 Å². The van der Waals surface area contributed by atoms with Gasteiger partial charge in [0.2, 0.25) is 0 Å². The molecule has 0 spiro atoms. The zero-order valence-corrected chi connectivity index (χ0v) is 12.7. The number of hydrogen-bond donors (Lipinski definition) is 1. The first-order valence-corrected chi connectivity index (χ1v) is 8.28. The highest BCUT2D eigenvalue weighted by molar-refractivity contribution is 7.16. The van der Waals surface area contributed by atoms with Gasteiger partial charge in [0.05, 0.1) is 11.7 Å². The van der Waals surface area contributed by atoms with Crippen molar-refractivity contribution in [1.29, 1.82) is 0 Å². The smallest absolute Gasteiger partial charge is 0.262 e. The Balaban J connectivity index is 1.57. The van der Waals surface area contributed by atoms with Gasteiger partial charge in [-0.15, -0.1) is 11.3 Å². The lowest BCUT2D eigenvalue weighted by atomic mass is 9.87. The molecule has 0 bridgehead atoms. The summed E-state index contributed by atoms with van der Waals surface area (Å²) in [5, 5.41) is 6.24. The highest BCUT2D eigenvalue weighted by atomic mass is 32.1. The molecule has 1 aliphatic rings. The molecule has 2 aromatic rings. The molecule has 108 valence electrons. The number of fused-ring (bicyclic) bond motifs is 1. The van der Waals surface area contributed by atoms with E-state index in [1.807, 2.05) is 11.4 Å². The summed E-state index contributed by atoms with van der Waals surface area (Å²) >= 11 is 1.52. The minimum absolute atomic E-state index is 0.0790. The molecular formula is C15H21N3OS. The maximum Gasteiger partial charge on any atom is 0.262 e. The first-order chi connectivity index (χ1) is 9.74. The Kier molecular flexibility index (Phi) is 4.17. The van der Waals surface area contributed by atoms with Crippen molar-refractivity contribution in [2.75, 3.05) is 6.54 Å². The van der Waals surface area contributed by atoms with E-state index in [4.69, 9.17) is 0 Å². The van der Waals surface area contributed by atoms with Crippen molar-refractivity contribution in [3.05, 3.63) is 28.1 Å². The molecule has 0 amide bonds. The van der Waals surface area contributed by atoms with Crippen LogP contribution in [0.2, 0.25) is 0 Å². The zero-order chi connectivity index (χ0) is 13.9. The van der Waals surface area contributed by atoms with Gasteiger partial charge in [-0.1, -0.05) is 6.92 Å². The van der Waals surface area contributed by atoms with Crippen LogP contribution in [0.25, 0.3) is 10.2 Å². The van der Waals surface area contributed by atoms with Crippen LogP contribution in [0.15, 0.2) is 22.6 Å². The molecule has 1 saturated carbocycles. The summed E-state index contributed by atoms with van der Waals surface area (Å²) in [4.78, 5) is 17.4. The van der Waals surface area contributed by atoms with E-state index < -0.39 is 0 Å². The first-order valence-electron chi connectivity index (χ1n) is 7.40. The van der Waals surface area contributed by atoms with E-state index in [-0.39, 0.29) is 5.56 Å². The molecule has 5 heteroatoms. The van der Waals surface area contributed by atoms with E-state index in [2.05, 4.69) is 17.2 Å². The maximum atomic E-state index is 12.2. The Morgan fingerprint density at radius 3 is 3.00 bits per heavy atom. The third-order valence-corrected chi connectivity index (χ3v) is 5.07. The molecule has 0 atom stereocenters. The number of nitrogens with one attached hydrogen (secondary N) is 1. The molecule has 0 aromatic carbocycles. The molecule has 20 heavy (non-hydrogen) atoms. The average Bonchev–Trinajstić information content (AvgIpc) is 2.93. The number of rotatable bonds is 4. The fraction of sp³-hybridized carbons (Fsp3) is 0.600. The predicted molar refractivity (Wildman–Crippen MR) is 83.3 cm³/mol. The van der Waals surface area contributed by atoms with E-state index in [1.54, 1.807) is 10.9 Å². The van der Waals surface area contributed by atoms with E-state index in [9.17, 15) is 4.79 Å². The molecule has 2 heterocycles. The summed E-state index contributed by atoms with van der Waals surface area (Å²) in [6.45, 7) is 3.87. The standard InChI is InChI=1S/C15H21N3OS/c1-11-2-4-12(5-3-11)16-7-8-18-10-17-14-13(15(18)19)6-9-20-14/h6,9-12,16H,2-5,7-8H2,1H3. The normalized spacial score (nSPS) is 23.2. The van der Waals surface area contributed by atoms with Gasteiger partial charge in [0.15, 0.2) is 0 Å². The average molecular weight is 291 g/mol. The van der Waals surface area contributed by atoms with Gasteiger partial charge < -0.3 is 5.32 Å². The second-order valence-corrected chi connectivity index (χ2v) is 6.69. The van der Waals surface area contributed by atoms with Crippen molar-refractivity contribution >= 4 is 21.6 Å². The van der Waals surface area contributed by atoms with Gasteiger partial charge in [0, 0.05) is 19.1 Å². The summed E-state index contributed by atoms with van der Waals surface area (Å²) in [6.07, 6.45) is 6.83. The van der Waals surface area contributed by atoms with Crippen LogP contribution in [0.5, 0.6) is 0 Å². The number of hydrogen-bond acceptors (Lipinski definition) is 4. The molecular weight excluding hydrogens is 270 g/mol. The molecule has 0 aliphatic heterocycles. The van der Waals surface area contributed by atoms with Crippen molar-refractivity contribution in [2.45, 2.75) is 45.2 Å². The Morgan fingerprint density at radius 1 is 1.40 bits per heavy atom. The minimum atomic E-state index is 0.0790. The largest absolute Gasteiger partial charge is 0.312 e. The third kappa shape index (κ3) is 2.94. The van der Waals surface area contributed by atoms with Gasteiger partial charge in [0.25, 0.3) is 5.56 Å². The van der Waals surface area contributed by atoms with Crippen LogP contribution in [0.4, 0.5) is 0 Å². The van der Waals surface area contributed by atoms with Crippen molar-refractivity contribution in [3.8, 4) is 0 Å². The summed E-state index contributed by atoms with van der Waals surface area (Å²) in [5.41, 5.74) is 0.0790. The highest BCUT2D eigenvalue weighted by Crippen LogP contribution is 2.23. The van der Waals surface area contributed by atoms with E-state index >= 15 is 0 Å². The Morgan fingerprint density at radius 2 is 2.20 bits per heavy atom. The third-order valence-electron chi connectivity index (χ3n) is 4.25. The van der Waals surface area contributed by atoms with Gasteiger partial charge in [-0.2, -0.15) is 0 Å². The van der Waals surface area contributed by atoms with Crippen LogP contribution < -0.4 is 10.9 Å². The Hall–Kier alpha value is -1.20. The lowest BCUT2D eigenvalue weighted by Gasteiger charge is -2.27. The summed E-state index contributed by atoms with van der Waals surface area (Å²) in [7, 11) is 0. The van der Waals surface area contributed by atoms with Crippen molar-refractivity contribution < 1.29 is 0 Å². The quantitative estimate of drug-likeness (QED) is 0.942. The first kappa shape index (κ1) is 13.8. The van der Waals surface area contributed by atoms with Crippen LogP contribution in [0, 0.1) is 5.92 Å². The molecule has 2 aromatic heterocycles. The molecule has 0 unspecified atom stereocenters.